The van der Waals surface area contributed by atoms with Crippen molar-refractivity contribution in [3.63, 3.8) is 0 Å². The maximum Gasteiger partial charge on any atom is 0.175 e. The first-order chi connectivity index (χ1) is 14.0. The first-order valence-corrected chi connectivity index (χ1v) is 12.6. The maximum absolute atomic E-state index is 11.7. The predicted octanol–water partition coefficient (Wildman–Crippen LogP) is 4.89. The molecular formula is C24H31NO3S. The lowest BCUT2D eigenvalue weighted by Crippen LogP contribution is -2.39. The number of sulfone groups is 1. The van der Waals surface area contributed by atoms with E-state index in [0.29, 0.717) is 10.8 Å². The zero-order valence-electron chi connectivity index (χ0n) is 17.4. The zero-order valence-corrected chi connectivity index (χ0v) is 18.2. The summed E-state index contributed by atoms with van der Waals surface area (Å²) in [7, 11) is -1.43. The van der Waals surface area contributed by atoms with E-state index in [2.05, 4.69) is 23.1 Å². The lowest BCUT2D eigenvalue weighted by atomic mass is 9.86. The molecule has 2 aliphatic rings. The predicted molar refractivity (Wildman–Crippen MR) is 117 cm³/mol. The van der Waals surface area contributed by atoms with E-state index in [-0.39, 0.29) is 0 Å². The third kappa shape index (κ3) is 4.51. The summed E-state index contributed by atoms with van der Waals surface area (Å²) in [6.45, 7) is 2.34. The van der Waals surface area contributed by atoms with Gasteiger partial charge in [-0.05, 0) is 85.6 Å². The fourth-order valence-electron chi connectivity index (χ4n) is 4.97. The highest BCUT2D eigenvalue weighted by molar-refractivity contribution is 7.90. The largest absolute Gasteiger partial charge is 0.496 e. The Morgan fingerprint density at radius 1 is 0.897 bits per heavy atom. The molecule has 1 saturated carbocycles. The van der Waals surface area contributed by atoms with Gasteiger partial charge in [-0.1, -0.05) is 31.0 Å². The number of benzene rings is 2. The van der Waals surface area contributed by atoms with Crippen LogP contribution < -0.4 is 4.74 Å². The summed E-state index contributed by atoms with van der Waals surface area (Å²) >= 11 is 0. The van der Waals surface area contributed by atoms with Gasteiger partial charge in [0.1, 0.15) is 5.75 Å². The third-order valence-corrected chi connectivity index (χ3v) is 7.78. The van der Waals surface area contributed by atoms with Crippen molar-refractivity contribution in [3.8, 4) is 16.9 Å². The van der Waals surface area contributed by atoms with Gasteiger partial charge in [-0.15, -0.1) is 0 Å². The van der Waals surface area contributed by atoms with Crippen LogP contribution in [0.25, 0.3) is 11.1 Å². The van der Waals surface area contributed by atoms with Crippen molar-refractivity contribution >= 4 is 9.84 Å². The van der Waals surface area contributed by atoms with Crippen LogP contribution in [0.4, 0.5) is 0 Å². The Morgan fingerprint density at radius 2 is 1.52 bits per heavy atom. The number of hydrogen-bond acceptors (Lipinski definition) is 4. The van der Waals surface area contributed by atoms with Crippen LogP contribution in [-0.2, 0) is 9.84 Å². The summed E-state index contributed by atoms with van der Waals surface area (Å²) in [6, 6.07) is 14.3. The number of rotatable bonds is 5. The van der Waals surface area contributed by atoms with Crippen molar-refractivity contribution in [3.05, 3.63) is 48.0 Å². The Morgan fingerprint density at radius 3 is 2.10 bits per heavy atom. The lowest BCUT2D eigenvalue weighted by Gasteiger charge is -2.36. The summed E-state index contributed by atoms with van der Waals surface area (Å²) in [4.78, 5) is 3.05. The van der Waals surface area contributed by atoms with Crippen LogP contribution in [0.1, 0.15) is 50.0 Å². The molecule has 0 spiro atoms. The number of piperidine rings is 1. The van der Waals surface area contributed by atoms with Crippen LogP contribution in [0.5, 0.6) is 5.75 Å². The summed E-state index contributed by atoms with van der Waals surface area (Å²) in [5, 5.41) is 0. The standard InChI is InChI=1S/C24H31NO3S/c1-28-24-12-9-20(18-7-10-22(11-8-18)29(2,26)27)17-23(24)19-13-15-25(16-14-19)21-5-3-4-6-21/h7-12,17,19,21H,3-6,13-16H2,1-2H3. The van der Waals surface area contributed by atoms with E-state index in [9.17, 15) is 8.42 Å². The number of ether oxygens (including phenoxy) is 1. The van der Waals surface area contributed by atoms with E-state index >= 15 is 0 Å². The molecule has 4 rings (SSSR count). The normalized spacial score (nSPS) is 19.5. The molecule has 1 aliphatic heterocycles. The molecule has 2 aromatic carbocycles. The summed E-state index contributed by atoms with van der Waals surface area (Å²) in [5.41, 5.74) is 3.42. The minimum Gasteiger partial charge on any atom is -0.496 e. The number of likely N-dealkylation sites (tertiary alicyclic amines) is 1. The third-order valence-electron chi connectivity index (χ3n) is 6.66. The first-order valence-electron chi connectivity index (χ1n) is 10.7. The summed E-state index contributed by atoms with van der Waals surface area (Å²) in [5.74, 6) is 1.47. The molecule has 4 nitrogen and oxygen atoms in total. The van der Waals surface area contributed by atoms with E-state index in [1.807, 2.05) is 12.1 Å². The molecule has 5 heteroatoms. The highest BCUT2D eigenvalue weighted by Gasteiger charge is 2.29. The molecule has 1 heterocycles. The summed E-state index contributed by atoms with van der Waals surface area (Å²) < 4.78 is 29.1. The molecule has 2 aromatic rings. The van der Waals surface area contributed by atoms with E-state index in [0.717, 1.165) is 22.9 Å². The summed E-state index contributed by atoms with van der Waals surface area (Å²) in [6.07, 6.45) is 9.09. The van der Waals surface area contributed by atoms with Gasteiger partial charge in [0.15, 0.2) is 9.84 Å². The lowest BCUT2D eigenvalue weighted by molar-refractivity contribution is 0.153. The Balaban J connectivity index is 1.54. The van der Waals surface area contributed by atoms with Gasteiger partial charge in [-0.25, -0.2) is 8.42 Å². The van der Waals surface area contributed by atoms with Crippen LogP contribution >= 0.6 is 0 Å². The van der Waals surface area contributed by atoms with E-state index in [1.165, 1.54) is 63.4 Å². The smallest absolute Gasteiger partial charge is 0.175 e. The van der Waals surface area contributed by atoms with Crippen molar-refractivity contribution in [2.24, 2.45) is 0 Å². The molecule has 0 unspecified atom stereocenters. The highest BCUT2D eigenvalue weighted by Crippen LogP contribution is 2.38. The van der Waals surface area contributed by atoms with Crippen LogP contribution in [0.15, 0.2) is 47.4 Å². The molecule has 0 bridgehead atoms. The van der Waals surface area contributed by atoms with E-state index in [4.69, 9.17) is 4.74 Å². The van der Waals surface area contributed by atoms with Crippen molar-refractivity contribution in [1.29, 1.82) is 0 Å². The molecule has 1 saturated heterocycles. The Bertz CT molecular complexity index is 939. The first kappa shape index (κ1) is 20.4. The fraction of sp³-hybridized carbons (Fsp3) is 0.500. The second kappa shape index (κ2) is 8.49. The zero-order chi connectivity index (χ0) is 20.4. The molecular weight excluding hydrogens is 382 g/mol. The molecule has 156 valence electrons. The van der Waals surface area contributed by atoms with Gasteiger partial charge in [-0.3, -0.25) is 0 Å². The molecule has 2 fully saturated rings. The quantitative estimate of drug-likeness (QED) is 0.700. The average molecular weight is 414 g/mol. The van der Waals surface area contributed by atoms with Gasteiger partial charge >= 0.3 is 0 Å². The molecule has 1 aliphatic carbocycles. The van der Waals surface area contributed by atoms with Crippen molar-refractivity contribution in [1.82, 2.24) is 4.90 Å². The monoisotopic (exact) mass is 413 g/mol. The Hall–Kier alpha value is -1.85. The fourth-order valence-corrected chi connectivity index (χ4v) is 5.60. The molecule has 0 amide bonds. The SMILES string of the molecule is COc1ccc(-c2ccc(S(C)(=O)=O)cc2)cc1C1CCN(C2CCCC2)CC1. The maximum atomic E-state index is 11.7. The molecule has 0 N–H and O–H groups in total. The van der Waals surface area contributed by atoms with Crippen LogP contribution in [0, 0.1) is 0 Å². The van der Waals surface area contributed by atoms with Gasteiger partial charge in [0.25, 0.3) is 0 Å². The minimum absolute atomic E-state index is 0.356. The number of nitrogens with zero attached hydrogens (tertiary/aromatic N) is 1. The molecule has 0 aromatic heterocycles. The Labute approximate surface area is 174 Å². The highest BCUT2D eigenvalue weighted by atomic mass is 32.2. The van der Waals surface area contributed by atoms with E-state index < -0.39 is 9.84 Å². The van der Waals surface area contributed by atoms with Crippen molar-refractivity contribution < 1.29 is 13.2 Å². The second-order valence-corrected chi connectivity index (χ2v) is 10.5. The second-order valence-electron chi connectivity index (χ2n) is 8.50. The number of methoxy groups -OCH3 is 1. The van der Waals surface area contributed by atoms with Crippen LogP contribution in [-0.4, -0.2) is 45.8 Å². The van der Waals surface area contributed by atoms with Crippen molar-refractivity contribution in [2.45, 2.75) is 55.4 Å². The van der Waals surface area contributed by atoms with Crippen molar-refractivity contribution in [2.75, 3.05) is 26.5 Å². The Kier molecular flexibility index (Phi) is 5.98. The molecule has 29 heavy (non-hydrogen) atoms. The average Bonchev–Trinajstić information content (AvgIpc) is 3.28. The van der Waals surface area contributed by atoms with Gasteiger partial charge in [0.2, 0.25) is 0 Å². The topological polar surface area (TPSA) is 46.6 Å². The van der Waals surface area contributed by atoms with Crippen LogP contribution in [0.2, 0.25) is 0 Å². The van der Waals surface area contributed by atoms with E-state index in [1.54, 1.807) is 19.2 Å². The van der Waals surface area contributed by atoms with Crippen LogP contribution in [0.3, 0.4) is 0 Å². The molecule has 0 radical (unpaired) electrons. The van der Waals surface area contributed by atoms with Gasteiger partial charge in [0.05, 0.1) is 12.0 Å². The minimum atomic E-state index is -3.17. The van der Waals surface area contributed by atoms with Gasteiger partial charge in [0, 0.05) is 12.3 Å². The van der Waals surface area contributed by atoms with Gasteiger partial charge < -0.3 is 9.64 Å². The van der Waals surface area contributed by atoms with Gasteiger partial charge in [-0.2, -0.15) is 0 Å². The number of hydrogen-bond donors (Lipinski definition) is 0. The molecule has 0 atom stereocenters.